The zero-order chi connectivity index (χ0) is 53.4. The van der Waals surface area contributed by atoms with E-state index in [0.29, 0.717) is 43.1 Å². The molecule has 4 aliphatic heterocycles. The Labute approximate surface area is 455 Å². The number of carbonyl (C=O) groups is 2. The van der Waals surface area contributed by atoms with E-state index in [1.807, 2.05) is 72.8 Å². The van der Waals surface area contributed by atoms with Crippen molar-refractivity contribution in [2.45, 2.75) is 95.3 Å². The quantitative estimate of drug-likeness (QED) is 0.0591. The van der Waals surface area contributed by atoms with E-state index in [2.05, 4.69) is 31.2 Å². The molecular formula is C63H70F2N6O7. The van der Waals surface area contributed by atoms with Crippen LogP contribution in [0.15, 0.2) is 143 Å². The Morgan fingerprint density at radius 3 is 1.45 bits per heavy atom. The molecule has 1 amide bonds. The molecule has 2 saturated heterocycles. The Balaban J connectivity index is 0.000000156. The lowest BCUT2D eigenvalue weighted by atomic mass is 9.92. The molecule has 6 aromatic carbocycles. The summed E-state index contributed by atoms with van der Waals surface area (Å²) in [7, 11) is 0. The molecule has 0 bridgehead atoms. The summed E-state index contributed by atoms with van der Waals surface area (Å²) < 4.78 is 37.8. The van der Waals surface area contributed by atoms with Crippen molar-refractivity contribution in [2.24, 2.45) is 15.7 Å². The first-order valence-electron chi connectivity index (χ1n) is 26.9. The van der Waals surface area contributed by atoms with Crippen molar-refractivity contribution >= 4 is 23.3 Å². The number of hydrogen-bond donors (Lipinski definition) is 5. The van der Waals surface area contributed by atoms with Gasteiger partial charge in [-0.3, -0.25) is 14.8 Å². The largest absolute Gasteiger partial charge is 0.490 e. The maximum absolute atomic E-state index is 13.5. The number of carbonyl (C=O) groups excluding carboxylic acids is 1. The van der Waals surface area contributed by atoms with Gasteiger partial charge in [0.15, 0.2) is 5.71 Å². The average Bonchev–Trinajstić information content (AvgIpc) is 4.39. The SMILES string of the molecule is C.N[C@H](CN1CCC1)[C@H](O)c1ccc(OC2CC2)cc1.O=C(N[C@H](CN1CCC1)[C@H](O)c1ccc(OC2CC2)cc1)C1=NCCc2cc(-c3ccc(F)cc3)ccc21.O=C(O)C1=NCCc2cc(-c3ccc(F)cc3)ccc21. The molecule has 78 heavy (non-hydrogen) atoms. The summed E-state index contributed by atoms with van der Waals surface area (Å²) in [6.07, 6.45) is 7.59. The topological polar surface area (TPSA) is 183 Å². The van der Waals surface area contributed by atoms with Gasteiger partial charge in [-0.1, -0.05) is 92.4 Å². The van der Waals surface area contributed by atoms with E-state index >= 15 is 0 Å². The minimum Gasteiger partial charge on any atom is -0.490 e. The van der Waals surface area contributed by atoms with Crippen molar-refractivity contribution in [3.63, 3.8) is 0 Å². The fourth-order valence-electron chi connectivity index (χ4n) is 9.82. The first-order valence-corrected chi connectivity index (χ1v) is 26.9. The van der Waals surface area contributed by atoms with Gasteiger partial charge in [-0.2, -0.15) is 0 Å². The van der Waals surface area contributed by atoms with Crippen molar-refractivity contribution in [1.82, 2.24) is 15.1 Å². The summed E-state index contributed by atoms with van der Waals surface area (Å²) >= 11 is 0. The van der Waals surface area contributed by atoms with Gasteiger partial charge in [0.1, 0.15) is 34.9 Å². The van der Waals surface area contributed by atoms with Crippen molar-refractivity contribution in [3.05, 3.63) is 178 Å². The summed E-state index contributed by atoms with van der Waals surface area (Å²) in [5.74, 6) is -0.128. The van der Waals surface area contributed by atoms with Gasteiger partial charge in [0.25, 0.3) is 5.91 Å². The molecule has 4 fully saturated rings. The van der Waals surface area contributed by atoms with E-state index in [1.54, 1.807) is 30.3 Å². The number of halogens is 2. The second kappa shape index (κ2) is 25.6. The van der Waals surface area contributed by atoms with Crippen molar-refractivity contribution in [3.8, 4) is 33.8 Å². The molecule has 6 N–H and O–H groups in total. The molecule has 2 aliphatic carbocycles. The third-order valence-electron chi connectivity index (χ3n) is 14.8. The smallest absolute Gasteiger partial charge is 0.354 e. The second-order valence-corrected chi connectivity index (χ2v) is 20.7. The number of aliphatic hydroxyl groups excluding tert-OH is 2. The number of carboxylic acids is 1. The van der Waals surface area contributed by atoms with Crippen LogP contribution in [0.3, 0.4) is 0 Å². The molecule has 2 saturated carbocycles. The Kier molecular flexibility index (Phi) is 18.2. The van der Waals surface area contributed by atoms with E-state index in [1.165, 1.54) is 30.7 Å². The van der Waals surface area contributed by atoms with Gasteiger partial charge < -0.3 is 45.6 Å². The maximum atomic E-state index is 13.5. The number of likely N-dealkylation sites (tertiary alicyclic amines) is 2. The van der Waals surface area contributed by atoms with E-state index < -0.39 is 24.2 Å². The van der Waals surface area contributed by atoms with Gasteiger partial charge in [0, 0.05) is 43.3 Å². The van der Waals surface area contributed by atoms with Gasteiger partial charge in [-0.05, 0) is 171 Å². The first-order chi connectivity index (χ1) is 37.4. The lowest BCUT2D eigenvalue weighted by Crippen LogP contribution is -2.52. The molecule has 6 aliphatic rings. The Hall–Kier alpha value is -7.14. The van der Waals surface area contributed by atoms with Crippen molar-refractivity contribution < 1.29 is 43.2 Å². The fourth-order valence-corrected chi connectivity index (χ4v) is 9.82. The van der Waals surface area contributed by atoms with Gasteiger partial charge in [-0.25, -0.2) is 13.6 Å². The molecule has 6 aromatic rings. The van der Waals surface area contributed by atoms with Crippen LogP contribution >= 0.6 is 0 Å². The highest BCUT2D eigenvalue weighted by atomic mass is 19.1. The second-order valence-electron chi connectivity index (χ2n) is 20.7. The number of aliphatic hydroxyl groups is 2. The molecule has 0 spiro atoms. The maximum Gasteiger partial charge on any atom is 0.354 e. The minimum atomic E-state index is -1.000. The fraction of sp³-hybridized carbons (Fsp3) is 0.365. The highest BCUT2D eigenvalue weighted by Crippen LogP contribution is 2.32. The summed E-state index contributed by atoms with van der Waals surface area (Å²) in [6, 6.07) is 38.7. The monoisotopic (exact) mass is 1060 g/mol. The van der Waals surface area contributed by atoms with Gasteiger partial charge >= 0.3 is 5.97 Å². The normalized spacial score (nSPS) is 18.0. The van der Waals surface area contributed by atoms with E-state index in [9.17, 15) is 28.6 Å². The van der Waals surface area contributed by atoms with Crippen LogP contribution in [0.4, 0.5) is 8.78 Å². The molecule has 408 valence electrons. The zero-order valence-corrected chi connectivity index (χ0v) is 43.1. The van der Waals surface area contributed by atoms with Crippen molar-refractivity contribution in [1.29, 1.82) is 0 Å². The third kappa shape index (κ3) is 14.3. The predicted octanol–water partition coefficient (Wildman–Crippen LogP) is 9.16. The van der Waals surface area contributed by atoms with Crippen LogP contribution in [-0.4, -0.2) is 125 Å². The Morgan fingerprint density at radius 2 is 1.01 bits per heavy atom. The molecule has 4 atom stereocenters. The lowest BCUT2D eigenvalue weighted by molar-refractivity contribution is -0.129. The number of carboxylic acid groups (broad SMARTS) is 1. The highest BCUT2D eigenvalue weighted by molar-refractivity contribution is 6.46. The van der Waals surface area contributed by atoms with E-state index in [0.717, 1.165) is 139 Å². The number of nitrogens with one attached hydrogen (secondary N) is 1. The third-order valence-corrected chi connectivity index (χ3v) is 14.8. The molecule has 0 unspecified atom stereocenters. The standard InChI is InChI=1S/C31H32FN3O3.C16H12FNO2.C15H22N2O2.CH4/c32-24-7-2-20(3-8-24)22-6-13-27-23(18-22)14-15-33-29(27)31(37)34-28(19-35-16-1-17-35)30(36)21-4-9-25(10-5-21)38-26-11-12-26;17-13-4-1-10(2-5-13)11-3-6-14-12(9-11)7-8-18-15(14)16(19)20;16-14(10-17-8-1-9-17)15(18)11-2-4-12(5-3-11)19-13-6-7-13;/h2-10,13,18,26,28,30,36H,1,11-12,14-17,19H2,(H,34,37);1-6,9H,7-8H2,(H,19,20);2-5,13-15,18H,1,6-10,16H2;1H4/t28-,30-;;14-,15-;/m1.1./s1. The molecular weight excluding hydrogens is 991 g/mol. The number of aliphatic imine (C=N–C) groups is 2. The average molecular weight is 1060 g/mol. The number of rotatable bonds is 17. The number of benzene rings is 6. The van der Waals surface area contributed by atoms with Crippen LogP contribution in [0, 0.1) is 11.6 Å². The Bertz CT molecular complexity index is 3070. The van der Waals surface area contributed by atoms with Gasteiger partial charge in [0.2, 0.25) is 0 Å². The number of nitrogens with zero attached hydrogens (tertiary/aromatic N) is 4. The van der Waals surface area contributed by atoms with Crippen LogP contribution in [0.25, 0.3) is 22.3 Å². The van der Waals surface area contributed by atoms with E-state index in [4.69, 9.17) is 20.3 Å². The highest BCUT2D eigenvalue weighted by Gasteiger charge is 2.32. The van der Waals surface area contributed by atoms with Gasteiger partial charge in [-0.15, -0.1) is 0 Å². The zero-order valence-electron chi connectivity index (χ0n) is 43.1. The van der Waals surface area contributed by atoms with Crippen molar-refractivity contribution in [2.75, 3.05) is 52.4 Å². The summed E-state index contributed by atoms with van der Waals surface area (Å²) in [6.45, 7) is 6.47. The summed E-state index contributed by atoms with van der Waals surface area (Å²) in [4.78, 5) is 37.8. The number of aliphatic carboxylic acids is 1. The number of nitrogens with two attached hydrogens (primary N) is 1. The summed E-state index contributed by atoms with van der Waals surface area (Å²) in [5.41, 5.74) is 15.5. The Morgan fingerprint density at radius 1 is 0.590 bits per heavy atom. The molecule has 15 heteroatoms. The number of amides is 1. The predicted molar refractivity (Wildman–Crippen MR) is 300 cm³/mol. The molecule has 0 radical (unpaired) electrons. The number of fused-ring (bicyclic) bond motifs is 2. The molecule has 0 aromatic heterocycles. The lowest BCUT2D eigenvalue weighted by Gasteiger charge is -2.36. The van der Waals surface area contributed by atoms with Crippen LogP contribution in [0.5, 0.6) is 11.5 Å². The van der Waals surface area contributed by atoms with Gasteiger partial charge in [0.05, 0.1) is 24.4 Å². The first kappa shape index (κ1) is 55.6. The van der Waals surface area contributed by atoms with Crippen LogP contribution < -0.4 is 20.5 Å². The molecule has 12 rings (SSSR count). The number of ether oxygens (including phenoxy) is 2. The van der Waals surface area contributed by atoms with Crippen LogP contribution in [-0.2, 0) is 22.4 Å². The molecule has 4 heterocycles. The van der Waals surface area contributed by atoms with E-state index in [-0.39, 0.29) is 36.7 Å². The minimum absolute atomic E-state index is 0. The molecule has 13 nitrogen and oxygen atoms in total. The number of hydrogen-bond acceptors (Lipinski definition) is 11. The summed E-state index contributed by atoms with van der Waals surface area (Å²) in [5, 5.41) is 33.8. The van der Waals surface area contributed by atoms with Crippen LogP contribution in [0.1, 0.15) is 91.5 Å². The van der Waals surface area contributed by atoms with Crippen LogP contribution in [0.2, 0.25) is 0 Å².